The molecule has 9 heteroatoms. The zero-order valence-electron chi connectivity index (χ0n) is 47.0. The van der Waals surface area contributed by atoms with Crippen LogP contribution < -0.4 is 0 Å². The zero-order chi connectivity index (χ0) is 50.8. The molecule has 7 aromatic heterocycles. The number of benzene rings is 1. The van der Waals surface area contributed by atoms with Crippen molar-refractivity contribution >= 4 is 129 Å². The molecule has 2 unspecified atom stereocenters. The molecule has 0 N–H and O–H groups in total. The number of fused-ring (bicyclic) bond motifs is 14. The van der Waals surface area contributed by atoms with Gasteiger partial charge >= 0.3 is 0 Å². The van der Waals surface area contributed by atoms with Crippen molar-refractivity contribution < 1.29 is 0 Å². The van der Waals surface area contributed by atoms with Crippen LogP contribution in [-0.4, -0.2) is 17.9 Å². The fraction of sp³-hybridized carbons (Fsp3) is 0.719. The first kappa shape index (κ1) is 57.1. The minimum atomic E-state index is 0.666. The monoisotopic (exact) mass is 1080 g/mol. The van der Waals surface area contributed by atoms with E-state index < -0.39 is 0 Å². The molecule has 0 saturated heterocycles. The van der Waals surface area contributed by atoms with Crippen molar-refractivity contribution in [2.24, 2.45) is 11.8 Å². The first-order valence-electron chi connectivity index (χ1n) is 31.0. The highest BCUT2D eigenvalue weighted by Crippen LogP contribution is 2.54. The fourth-order valence-corrected chi connectivity index (χ4v) is 18.7. The average molecular weight is 1080 g/mol. The van der Waals surface area contributed by atoms with Crippen LogP contribution in [0.2, 0.25) is 0 Å². The molecule has 73 heavy (non-hydrogen) atoms. The van der Waals surface area contributed by atoms with E-state index in [4.69, 9.17) is 8.75 Å². The summed E-state index contributed by atoms with van der Waals surface area (Å²) in [6, 6.07) is 0. The Morgan fingerprint density at radius 1 is 0.356 bits per heavy atom. The van der Waals surface area contributed by atoms with Gasteiger partial charge in [-0.3, -0.25) is 0 Å². The van der Waals surface area contributed by atoms with Gasteiger partial charge in [-0.15, -0.1) is 45.3 Å². The molecular weight excluding hydrogens is 985 g/mol. The molecule has 4 nitrogen and oxygen atoms in total. The molecule has 2 atom stereocenters. The van der Waals surface area contributed by atoms with Crippen molar-refractivity contribution in [1.82, 2.24) is 17.9 Å². The maximum Gasteiger partial charge on any atom is 0.116 e. The Bertz CT molecular complexity index is 2650. The number of aromatic nitrogens is 4. The van der Waals surface area contributed by atoms with Gasteiger partial charge in [0.1, 0.15) is 11.0 Å². The van der Waals surface area contributed by atoms with Crippen molar-refractivity contribution in [2.75, 3.05) is 0 Å². The minimum Gasteiger partial charge on any atom is -0.337 e. The second-order valence-electron chi connectivity index (χ2n) is 22.9. The van der Waals surface area contributed by atoms with Crippen LogP contribution in [-0.2, 0) is 25.9 Å². The van der Waals surface area contributed by atoms with Crippen LogP contribution in [0.1, 0.15) is 271 Å². The average Bonchev–Trinajstić information content (AvgIpc) is 4.28. The molecule has 404 valence electrons. The number of hydrogen-bond acceptors (Lipinski definition) is 7. The van der Waals surface area contributed by atoms with Crippen LogP contribution in [0, 0.1) is 11.8 Å². The van der Waals surface area contributed by atoms with Gasteiger partial charge in [-0.1, -0.05) is 221 Å². The number of aryl methyl sites for hydroxylation is 2. The summed E-state index contributed by atoms with van der Waals surface area (Å²) >= 11 is 9.82. The van der Waals surface area contributed by atoms with Gasteiger partial charge in [0.05, 0.1) is 62.0 Å². The Balaban J connectivity index is 1.26. The van der Waals surface area contributed by atoms with Crippen molar-refractivity contribution in [3.63, 3.8) is 0 Å². The van der Waals surface area contributed by atoms with E-state index in [9.17, 15) is 0 Å². The lowest BCUT2D eigenvalue weighted by Crippen LogP contribution is -2.14. The second kappa shape index (κ2) is 30.2. The lowest BCUT2D eigenvalue weighted by Gasteiger charge is -2.22. The van der Waals surface area contributed by atoms with E-state index in [1.54, 1.807) is 29.9 Å². The lowest BCUT2D eigenvalue weighted by atomic mass is 9.94. The van der Waals surface area contributed by atoms with Crippen molar-refractivity contribution in [3.05, 3.63) is 21.9 Å². The SMILES string of the molecule is CCCCCCCCCCCc1csc2c1sc1c3c4nsnc4c4c5sc6c(CCCCCCCCCCC)csc6c5n(CC(CCCC)CCCCCC)c4c3n(CC(CCCC)CCCCCC)c21. The molecule has 0 saturated carbocycles. The standard InChI is InChI=1S/C64H98N4S5/c1-7-13-19-23-25-27-29-31-35-41-49-45-69-63-57-61(71-59(49)63)51-53-54(66-73-65-53)52-56(55(51)67(57)43-47(37-17-11-5)39-33-21-15-9-3)68(44-48(38-18-12-6)40-34-22-16-10-4)58-62(52)72-60-50(46-70-64(58)60)42-36-32-30-28-26-24-20-14-8-2/h45-48H,7-44H2,1-6H3. The van der Waals surface area contributed by atoms with Gasteiger partial charge in [0.15, 0.2) is 0 Å². The summed E-state index contributed by atoms with van der Waals surface area (Å²) in [5, 5.41) is 7.97. The molecule has 0 aliphatic carbocycles. The summed E-state index contributed by atoms with van der Waals surface area (Å²) < 4.78 is 25.9. The molecule has 0 bridgehead atoms. The second-order valence-corrected chi connectivity index (χ2v) is 27.2. The number of rotatable bonds is 40. The number of thiophene rings is 4. The zero-order valence-corrected chi connectivity index (χ0v) is 51.1. The van der Waals surface area contributed by atoms with Crippen LogP contribution in [0.4, 0.5) is 0 Å². The summed E-state index contributed by atoms with van der Waals surface area (Å²) in [6.45, 7) is 16.4. The van der Waals surface area contributed by atoms with Crippen LogP contribution in [0.5, 0.6) is 0 Å². The molecule has 0 radical (unpaired) electrons. The Morgan fingerprint density at radius 2 is 0.685 bits per heavy atom. The molecule has 0 fully saturated rings. The number of hydrogen-bond donors (Lipinski definition) is 0. The number of nitrogens with zero attached hydrogens (tertiary/aromatic N) is 4. The first-order chi connectivity index (χ1) is 36.1. The summed E-state index contributed by atoms with van der Waals surface area (Å²) in [7, 11) is 0. The highest BCUT2D eigenvalue weighted by atomic mass is 32.1. The molecule has 7 heterocycles. The predicted octanol–water partition coefficient (Wildman–Crippen LogP) is 24.2. The minimum absolute atomic E-state index is 0.666. The van der Waals surface area contributed by atoms with E-state index in [2.05, 4.69) is 107 Å². The van der Waals surface area contributed by atoms with Crippen LogP contribution >= 0.6 is 57.1 Å². The normalized spacial score (nSPS) is 13.4. The molecule has 0 amide bonds. The third-order valence-electron chi connectivity index (χ3n) is 16.9. The maximum absolute atomic E-state index is 5.38. The summed E-state index contributed by atoms with van der Waals surface area (Å²) in [6.07, 6.45) is 48.5. The van der Waals surface area contributed by atoms with Crippen LogP contribution in [0.15, 0.2) is 10.8 Å². The maximum atomic E-state index is 5.38. The van der Waals surface area contributed by atoms with E-state index in [1.807, 2.05) is 0 Å². The van der Waals surface area contributed by atoms with Gasteiger partial charge in [-0.2, -0.15) is 8.75 Å². The highest BCUT2D eigenvalue weighted by Gasteiger charge is 2.32. The molecular formula is C64H98N4S5. The predicted molar refractivity (Wildman–Crippen MR) is 335 cm³/mol. The molecule has 0 spiro atoms. The van der Waals surface area contributed by atoms with Gasteiger partial charge in [0.25, 0.3) is 0 Å². The Labute approximate surface area is 463 Å². The van der Waals surface area contributed by atoms with Crippen LogP contribution in [0.3, 0.4) is 0 Å². The molecule has 8 rings (SSSR count). The highest BCUT2D eigenvalue weighted by molar-refractivity contribution is 7.34. The van der Waals surface area contributed by atoms with E-state index in [1.165, 1.54) is 296 Å². The van der Waals surface area contributed by atoms with Gasteiger partial charge in [0, 0.05) is 23.9 Å². The fourth-order valence-electron chi connectivity index (χ4n) is 12.6. The third kappa shape index (κ3) is 14.0. The Hall–Kier alpha value is -2.04. The molecule has 8 aromatic rings. The van der Waals surface area contributed by atoms with Crippen molar-refractivity contribution in [2.45, 2.75) is 286 Å². The van der Waals surface area contributed by atoms with E-state index in [-0.39, 0.29) is 0 Å². The van der Waals surface area contributed by atoms with E-state index in [0.717, 1.165) is 13.1 Å². The molecule has 0 aliphatic rings. The van der Waals surface area contributed by atoms with E-state index >= 15 is 0 Å². The molecule has 1 aromatic carbocycles. The van der Waals surface area contributed by atoms with Gasteiger partial charge < -0.3 is 9.13 Å². The molecule has 0 aliphatic heterocycles. The topological polar surface area (TPSA) is 35.6 Å². The first-order valence-corrected chi connectivity index (χ1v) is 35.1. The van der Waals surface area contributed by atoms with Crippen molar-refractivity contribution in [3.8, 4) is 0 Å². The summed E-state index contributed by atoms with van der Waals surface area (Å²) in [4.78, 5) is 0. The van der Waals surface area contributed by atoms with Crippen molar-refractivity contribution in [1.29, 1.82) is 0 Å². The summed E-state index contributed by atoms with van der Waals surface area (Å²) in [5.41, 5.74) is 11.6. The lowest BCUT2D eigenvalue weighted by molar-refractivity contribution is 0.368. The smallest absolute Gasteiger partial charge is 0.116 e. The van der Waals surface area contributed by atoms with Gasteiger partial charge in [-0.05, 0) is 85.1 Å². The van der Waals surface area contributed by atoms with E-state index in [0.29, 0.717) is 11.8 Å². The Kier molecular flexibility index (Phi) is 23.6. The summed E-state index contributed by atoms with van der Waals surface area (Å²) in [5.74, 6) is 1.33. The van der Waals surface area contributed by atoms with Crippen LogP contribution in [0.25, 0.3) is 72.1 Å². The largest absolute Gasteiger partial charge is 0.337 e. The van der Waals surface area contributed by atoms with Gasteiger partial charge in [-0.25, -0.2) is 0 Å². The third-order valence-corrected chi connectivity index (χ3v) is 22.3. The van der Waals surface area contributed by atoms with Gasteiger partial charge in [0.2, 0.25) is 0 Å². The quantitative estimate of drug-likeness (QED) is 0.0359. The number of unbranched alkanes of at least 4 members (excludes halogenated alkanes) is 24. The Morgan fingerprint density at radius 3 is 1.05 bits per heavy atom.